The molecule has 0 spiro atoms. The van der Waals surface area contributed by atoms with Crippen molar-refractivity contribution in [1.29, 1.82) is 0 Å². The molecule has 1 amide bonds. The van der Waals surface area contributed by atoms with Crippen LogP contribution < -0.4 is 0 Å². The molecule has 2 aromatic heterocycles. The van der Waals surface area contributed by atoms with Crippen molar-refractivity contribution >= 4 is 17.1 Å². The van der Waals surface area contributed by atoms with E-state index in [9.17, 15) is 4.79 Å². The number of aromatic nitrogens is 3. The molecule has 1 aliphatic rings. The van der Waals surface area contributed by atoms with Crippen LogP contribution in [0.2, 0.25) is 0 Å². The second-order valence-corrected chi connectivity index (χ2v) is 8.67. The Hall–Kier alpha value is -2.89. The van der Waals surface area contributed by atoms with Crippen LogP contribution in [0.5, 0.6) is 0 Å². The molecule has 0 N–H and O–H groups in total. The minimum atomic E-state index is -0.486. The fourth-order valence-corrected chi connectivity index (χ4v) is 3.88. The lowest BCUT2D eigenvalue weighted by atomic mass is 10.1. The summed E-state index contributed by atoms with van der Waals surface area (Å²) in [4.78, 5) is 23.2. The van der Waals surface area contributed by atoms with Gasteiger partial charge in [-0.15, -0.1) is 0 Å². The van der Waals surface area contributed by atoms with E-state index in [0.717, 1.165) is 48.0 Å². The van der Waals surface area contributed by atoms with E-state index in [1.807, 2.05) is 44.1 Å². The van der Waals surface area contributed by atoms with Crippen LogP contribution in [0.25, 0.3) is 22.2 Å². The van der Waals surface area contributed by atoms with Gasteiger partial charge in [-0.3, -0.25) is 4.98 Å². The lowest BCUT2D eigenvalue weighted by molar-refractivity contribution is 0.0238. The molecule has 4 rings (SSSR count). The molecule has 1 fully saturated rings. The van der Waals surface area contributed by atoms with E-state index < -0.39 is 5.60 Å². The normalized spacial score (nSPS) is 17.9. The fourth-order valence-electron chi connectivity index (χ4n) is 3.88. The average molecular weight is 393 g/mol. The van der Waals surface area contributed by atoms with Crippen molar-refractivity contribution in [2.24, 2.45) is 0 Å². The van der Waals surface area contributed by atoms with Gasteiger partial charge >= 0.3 is 6.09 Å². The maximum Gasteiger partial charge on any atom is 0.410 e. The fraction of sp³-hybridized carbons (Fsp3) is 0.435. The van der Waals surface area contributed by atoms with E-state index in [2.05, 4.69) is 32.7 Å². The first-order chi connectivity index (χ1) is 13.9. The molecule has 1 atom stereocenters. The zero-order chi connectivity index (χ0) is 20.4. The lowest BCUT2D eigenvalue weighted by Gasteiger charge is -2.29. The Morgan fingerprint density at radius 2 is 1.90 bits per heavy atom. The molecule has 6 heteroatoms. The second-order valence-electron chi connectivity index (χ2n) is 8.67. The van der Waals surface area contributed by atoms with E-state index in [1.54, 1.807) is 12.4 Å². The third-order valence-corrected chi connectivity index (χ3v) is 5.28. The Kier molecular flexibility index (Phi) is 5.26. The number of hydrogen-bond donors (Lipinski definition) is 0. The highest BCUT2D eigenvalue weighted by atomic mass is 16.6. The summed E-state index contributed by atoms with van der Waals surface area (Å²) in [5.74, 6) is 0. The number of ether oxygens (including phenoxy) is 1. The standard InChI is InChI=1S/C23H28N4O2/c1-23(2,3)29-22(28)26-13-5-4-6-19(15-26)27-16-25-20-8-7-18(14-21(20)27)17-9-11-24-12-10-17/h7-12,14,16,19H,4-6,13,15H2,1-3H3. The van der Waals surface area contributed by atoms with Crippen LogP contribution >= 0.6 is 0 Å². The molecule has 1 aliphatic heterocycles. The number of hydrogen-bond acceptors (Lipinski definition) is 4. The predicted molar refractivity (Wildman–Crippen MR) is 114 cm³/mol. The average Bonchev–Trinajstić information content (AvgIpc) is 2.95. The first kappa shape index (κ1) is 19.4. The van der Waals surface area contributed by atoms with Gasteiger partial charge in [0.25, 0.3) is 0 Å². The minimum absolute atomic E-state index is 0.183. The van der Waals surface area contributed by atoms with Gasteiger partial charge in [-0.2, -0.15) is 0 Å². The van der Waals surface area contributed by atoms with E-state index in [1.165, 1.54) is 0 Å². The van der Waals surface area contributed by atoms with E-state index >= 15 is 0 Å². The summed E-state index contributed by atoms with van der Waals surface area (Å²) in [5.41, 5.74) is 3.84. The van der Waals surface area contributed by atoms with Crippen LogP contribution in [0, 0.1) is 0 Å². The summed E-state index contributed by atoms with van der Waals surface area (Å²) in [5, 5.41) is 0. The van der Waals surface area contributed by atoms with Crippen LogP contribution in [0.4, 0.5) is 4.79 Å². The summed E-state index contributed by atoms with van der Waals surface area (Å²) >= 11 is 0. The first-order valence-corrected chi connectivity index (χ1v) is 10.3. The van der Waals surface area contributed by atoms with Gasteiger partial charge in [-0.25, -0.2) is 9.78 Å². The molecule has 1 aromatic carbocycles. The van der Waals surface area contributed by atoms with Crippen molar-refractivity contribution in [2.75, 3.05) is 13.1 Å². The Bertz CT molecular complexity index is 991. The van der Waals surface area contributed by atoms with Gasteiger partial charge in [-0.05, 0) is 75.4 Å². The molecule has 3 heterocycles. The smallest absolute Gasteiger partial charge is 0.410 e. The van der Waals surface area contributed by atoms with Crippen LogP contribution in [0.15, 0.2) is 49.1 Å². The molecule has 0 radical (unpaired) electrons. The van der Waals surface area contributed by atoms with Crippen LogP contribution in [-0.2, 0) is 4.74 Å². The molecule has 6 nitrogen and oxygen atoms in total. The largest absolute Gasteiger partial charge is 0.444 e. The number of pyridine rings is 1. The Balaban J connectivity index is 1.63. The molecular formula is C23H28N4O2. The van der Waals surface area contributed by atoms with Crippen molar-refractivity contribution in [2.45, 2.75) is 51.7 Å². The third kappa shape index (κ3) is 4.42. The number of carbonyl (C=O) groups is 1. The molecule has 3 aromatic rings. The van der Waals surface area contributed by atoms with Gasteiger partial charge < -0.3 is 14.2 Å². The lowest BCUT2D eigenvalue weighted by Crippen LogP contribution is -2.39. The van der Waals surface area contributed by atoms with Crippen LogP contribution in [0.3, 0.4) is 0 Å². The third-order valence-electron chi connectivity index (χ3n) is 5.28. The van der Waals surface area contributed by atoms with Crippen molar-refractivity contribution in [1.82, 2.24) is 19.4 Å². The highest BCUT2D eigenvalue weighted by Crippen LogP contribution is 2.29. The summed E-state index contributed by atoms with van der Waals surface area (Å²) < 4.78 is 7.84. The number of imidazole rings is 1. The van der Waals surface area contributed by atoms with Crippen molar-refractivity contribution in [3.8, 4) is 11.1 Å². The SMILES string of the molecule is CC(C)(C)OC(=O)N1CCCCC(n2cnc3ccc(-c4ccncc4)cc32)C1. The van der Waals surface area contributed by atoms with Gasteiger partial charge in [-0.1, -0.05) is 6.07 Å². The summed E-state index contributed by atoms with van der Waals surface area (Å²) in [6.45, 7) is 7.10. The predicted octanol–water partition coefficient (Wildman–Crippen LogP) is 5.06. The number of amides is 1. The highest BCUT2D eigenvalue weighted by Gasteiger charge is 2.27. The van der Waals surface area contributed by atoms with Crippen molar-refractivity contribution in [3.05, 3.63) is 49.1 Å². The number of fused-ring (bicyclic) bond motifs is 1. The molecule has 1 unspecified atom stereocenters. The van der Waals surface area contributed by atoms with Crippen molar-refractivity contribution in [3.63, 3.8) is 0 Å². The van der Waals surface area contributed by atoms with Gasteiger partial charge in [0, 0.05) is 25.5 Å². The number of nitrogens with zero attached hydrogens (tertiary/aromatic N) is 4. The summed E-state index contributed by atoms with van der Waals surface area (Å²) in [6, 6.07) is 10.5. The highest BCUT2D eigenvalue weighted by molar-refractivity contribution is 5.82. The second kappa shape index (κ2) is 7.85. The Morgan fingerprint density at radius 3 is 2.66 bits per heavy atom. The Morgan fingerprint density at radius 1 is 1.10 bits per heavy atom. The van der Waals surface area contributed by atoms with Gasteiger partial charge in [0.15, 0.2) is 0 Å². The van der Waals surface area contributed by atoms with Gasteiger partial charge in [0.05, 0.1) is 23.4 Å². The summed E-state index contributed by atoms with van der Waals surface area (Å²) in [7, 11) is 0. The zero-order valence-corrected chi connectivity index (χ0v) is 17.3. The number of carbonyl (C=O) groups excluding carboxylic acids is 1. The maximum atomic E-state index is 12.7. The molecular weight excluding hydrogens is 364 g/mol. The number of likely N-dealkylation sites (tertiary alicyclic amines) is 1. The minimum Gasteiger partial charge on any atom is -0.444 e. The first-order valence-electron chi connectivity index (χ1n) is 10.3. The number of rotatable bonds is 2. The molecule has 1 saturated heterocycles. The summed E-state index contributed by atoms with van der Waals surface area (Å²) in [6.07, 6.45) is 8.38. The zero-order valence-electron chi connectivity index (χ0n) is 17.3. The molecule has 0 saturated carbocycles. The Labute approximate surface area is 171 Å². The monoisotopic (exact) mass is 392 g/mol. The molecule has 0 bridgehead atoms. The van der Waals surface area contributed by atoms with Crippen LogP contribution in [-0.4, -0.2) is 44.2 Å². The number of benzene rings is 1. The van der Waals surface area contributed by atoms with E-state index in [-0.39, 0.29) is 12.1 Å². The molecule has 29 heavy (non-hydrogen) atoms. The van der Waals surface area contributed by atoms with Crippen LogP contribution in [0.1, 0.15) is 46.1 Å². The quantitative estimate of drug-likeness (QED) is 0.611. The van der Waals surface area contributed by atoms with E-state index in [0.29, 0.717) is 6.54 Å². The van der Waals surface area contributed by atoms with Gasteiger partial charge in [0.2, 0.25) is 0 Å². The van der Waals surface area contributed by atoms with E-state index in [4.69, 9.17) is 4.74 Å². The van der Waals surface area contributed by atoms with Crippen molar-refractivity contribution < 1.29 is 9.53 Å². The topological polar surface area (TPSA) is 60.2 Å². The molecule has 152 valence electrons. The van der Waals surface area contributed by atoms with Gasteiger partial charge in [0.1, 0.15) is 5.60 Å². The maximum absolute atomic E-state index is 12.7. The molecule has 0 aliphatic carbocycles.